The lowest BCUT2D eigenvalue weighted by atomic mass is 9.98. The van der Waals surface area contributed by atoms with Crippen LogP contribution in [0.3, 0.4) is 0 Å². The Kier molecular flexibility index (Phi) is 4.76. The molecule has 0 saturated carbocycles. The first-order valence-corrected chi connectivity index (χ1v) is 8.15. The molecule has 0 spiro atoms. The summed E-state index contributed by atoms with van der Waals surface area (Å²) in [5.41, 5.74) is 1.76. The highest BCUT2D eigenvalue weighted by molar-refractivity contribution is 5.97. The third-order valence-corrected chi connectivity index (χ3v) is 4.42. The molecule has 1 saturated heterocycles. The fourth-order valence-electron chi connectivity index (χ4n) is 3.34. The number of aromatic nitrogens is 1. The van der Waals surface area contributed by atoms with E-state index < -0.39 is 0 Å². The summed E-state index contributed by atoms with van der Waals surface area (Å²) in [6, 6.07) is 7.91. The van der Waals surface area contributed by atoms with Gasteiger partial charge < -0.3 is 9.30 Å². The smallest absolute Gasteiger partial charge is 0.310 e. The van der Waals surface area contributed by atoms with Crippen molar-refractivity contribution in [3.05, 3.63) is 36.0 Å². The molecule has 3 rings (SSSR count). The average molecular weight is 314 g/mol. The minimum absolute atomic E-state index is 0.0453. The van der Waals surface area contributed by atoms with E-state index in [1.54, 1.807) is 0 Å². The van der Waals surface area contributed by atoms with Crippen LogP contribution in [-0.2, 0) is 16.2 Å². The predicted octanol–water partition coefficient (Wildman–Crippen LogP) is 2.69. The molecule has 122 valence electrons. The van der Waals surface area contributed by atoms with Crippen molar-refractivity contribution in [2.75, 3.05) is 19.7 Å². The highest BCUT2D eigenvalue weighted by atomic mass is 16.5. The molecule has 5 nitrogen and oxygen atoms in total. The molecule has 23 heavy (non-hydrogen) atoms. The van der Waals surface area contributed by atoms with E-state index in [-0.39, 0.29) is 11.9 Å². The summed E-state index contributed by atoms with van der Waals surface area (Å²) in [4.78, 5) is 25.5. The molecule has 1 unspecified atom stereocenters. The molecule has 0 radical (unpaired) electrons. The fourth-order valence-corrected chi connectivity index (χ4v) is 3.34. The Labute approximate surface area is 135 Å². The number of benzene rings is 1. The number of esters is 1. The van der Waals surface area contributed by atoms with Gasteiger partial charge in [-0.2, -0.15) is 0 Å². The standard InChI is InChI=1S/C18H22N2O3/c1-2-23-18(22)14-6-5-9-19(10-14)13-20-11-15(12-21)16-7-3-4-8-17(16)20/h3-4,7-8,11-12,14H,2,5-6,9-10,13H2,1H3. The van der Waals surface area contributed by atoms with E-state index in [2.05, 4.69) is 9.47 Å². The van der Waals surface area contributed by atoms with E-state index >= 15 is 0 Å². The normalized spacial score (nSPS) is 18.9. The number of carbonyl (C=O) groups excluding carboxylic acids is 2. The van der Waals surface area contributed by atoms with Crippen LogP contribution in [0.4, 0.5) is 0 Å². The molecule has 2 heterocycles. The van der Waals surface area contributed by atoms with Crippen molar-refractivity contribution in [2.24, 2.45) is 5.92 Å². The number of para-hydroxylation sites is 1. The number of carbonyl (C=O) groups is 2. The predicted molar refractivity (Wildman–Crippen MR) is 88.3 cm³/mol. The second kappa shape index (κ2) is 6.96. The van der Waals surface area contributed by atoms with E-state index in [9.17, 15) is 9.59 Å². The average Bonchev–Trinajstić information content (AvgIpc) is 2.93. The lowest BCUT2D eigenvalue weighted by molar-refractivity contribution is -0.150. The van der Waals surface area contributed by atoms with E-state index in [0.717, 1.165) is 36.6 Å². The molecule has 2 aromatic rings. The van der Waals surface area contributed by atoms with Gasteiger partial charge in [0.05, 0.1) is 19.2 Å². The zero-order valence-corrected chi connectivity index (χ0v) is 13.4. The highest BCUT2D eigenvalue weighted by Gasteiger charge is 2.27. The van der Waals surface area contributed by atoms with Gasteiger partial charge >= 0.3 is 5.97 Å². The lowest BCUT2D eigenvalue weighted by Crippen LogP contribution is -2.40. The molecule has 0 aliphatic carbocycles. The topological polar surface area (TPSA) is 51.5 Å². The van der Waals surface area contributed by atoms with Gasteiger partial charge in [-0.3, -0.25) is 14.5 Å². The molecule has 1 atom stereocenters. The number of likely N-dealkylation sites (tertiary alicyclic amines) is 1. The van der Waals surface area contributed by atoms with Gasteiger partial charge in [-0.25, -0.2) is 0 Å². The summed E-state index contributed by atoms with van der Waals surface area (Å²) in [6.45, 7) is 4.62. The largest absolute Gasteiger partial charge is 0.466 e. The Morgan fingerprint density at radius 2 is 2.22 bits per heavy atom. The fraction of sp³-hybridized carbons (Fsp3) is 0.444. The third-order valence-electron chi connectivity index (χ3n) is 4.42. The van der Waals surface area contributed by atoms with Crippen LogP contribution in [0, 0.1) is 5.92 Å². The van der Waals surface area contributed by atoms with Gasteiger partial charge in [-0.15, -0.1) is 0 Å². The molecule has 1 aromatic carbocycles. The Bertz CT molecular complexity index is 707. The van der Waals surface area contributed by atoms with Crippen LogP contribution >= 0.6 is 0 Å². The zero-order chi connectivity index (χ0) is 16.2. The number of rotatable bonds is 5. The van der Waals surface area contributed by atoms with Gasteiger partial charge in [-0.05, 0) is 32.4 Å². The molecule has 1 aliphatic heterocycles. The molecule has 0 N–H and O–H groups in total. The Morgan fingerprint density at radius 3 is 3.00 bits per heavy atom. The number of ether oxygens (including phenoxy) is 1. The Morgan fingerprint density at radius 1 is 1.39 bits per heavy atom. The first-order valence-electron chi connectivity index (χ1n) is 8.15. The summed E-state index contributed by atoms with van der Waals surface area (Å²) in [5.74, 6) is -0.140. The number of nitrogens with zero attached hydrogens (tertiary/aromatic N) is 2. The van der Waals surface area contributed by atoms with Crippen LogP contribution in [0.5, 0.6) is 0 Å². The molecular formula is C18H22N2O3. The maximum atomic E-state index is 12.0. The molecular weight excluding hydrogens is 292 g/mol. The summed E-state index contributed by atoms with van der Waals surface area (Å²) in [6.07, 6.45) is 4.67. The van der Waals surface area contributed by atoms with Crippen LogP contribution in [0.2, 0.25) is 0 Å². The van der Waals surface area contributed by atoms with Gasteiger partial charge in [-0.1, -0.05) is 18.2 Å². The zero-order valence-electron chi connectivity index (χ0n) is 13.4. The van der Waals surface area contributed by atoms with Gasteiger partial charge in [0.25, 0.3) is 0 Å². The van der Waals surface area contributed by atoms with Gasteiger partial charge in [0.2, 0.25) is 0 Å². The Balaban J connectivity index is 1.77. The van der Waals surface area contributed by atoms with Crippen molar-refractivity contribution < 1.29 is 14.3 Å². The third kappa shape index (κ3) is 3.29. The second-order valence-electron chi connectivity index (χ2n) is 6.00. The molecule has 0 amide bonds. The molecule has 1 aliphatic rings. The second-order valence-corrected chi connectivity index (χ2v) is 6.00. The van der Waals surface area contributed by atoms with Gasteiger partial charge in [0, 0.05) is 29.2 Å². The van der Waals surface area contributed by atoms with Crippen molar-refractivity contribution >= 4 is 23.2 Å². The SMILES string of the molecule is CCOC(=O)C1CCCN(Cn2cc(C=O)c3ccccc32)C1. The van der Waals surface area contributed by atoms with E-state index in [1.807, 2.05) is 37.4 Å². The van der Waals surface area contributed by atoms with Crippen LogP contribution in [0.25, 0.3) is 10.9 Å². The van der Waals surface area contributed by atoms with Gasteiger partial charge in [0.1, 0.15) is 0 Å². The summed E-state index contributed by atoms with van der Waals surface area (Å²) < 4.78 is 7.24. The number of piperidine rings is 1. The monoisotopic (exact) mass is 314 g/mol. The number of hydrogen-bond acceptors (Lipinski definition) is 4. The first-order chi connectivity index (χ1) is 11.2. The van der Waals surface area contributed by atoms with E-state index in [1.165, 1.54) is 0 Å². The quantitative estimate of drug-likeness (QED) is 0.629. The molecule has 1 aromatic heterocycles. The maximum absolute atomic E-state index is 12.0. The highest BCUT2D eigenvalue weighted by Crippen LogP contribution is 2.23. The summed E-state index contributed by atoms with van der Waals surface area (Å²) in [5, 5.41) is 0.974. The molecule has 1 fully saturated rings. The minimum atomic E-state index is -0.0943. The van der Waals surface area contributed by atoms with Crippen molar-refractivity contribution in [3.8, 4) is 0 Å². The van der Waals surface area contributed by atoms with Crippen molar-refractivity contribution in [2.45, 2.75) is 26.4 Å². The van der Waals surface area contributed by atoms with Crippen molar-refractivity contribution in [3.63, 3.8) is 0 Å². The summed E-state index contributed by atoms with van der Waals surface area (Å²) >= 11 is 0. The van der Waals surface area contributed by atoms with Gasteiger partial charge in [0.15, 0.2) is 6.29 Å². The summed E-state index contributed by atoms with van der Waals surface area (Å²) in [7, 11) is 0. The number of fused-ring (bicyclic) bond motifs is 1. The molecule has 0 bridgehead atoms. The van der Waals surface area contributed by atoms with Crippen LogP contribution in [-0.4, -0.2) is 41.4 Å². The van der Waals surface area contributed by atoms with E-state index in [0.29, 0.717) is 25.4 Å². The number of hydrogen-bond donors (Lipinski definition) is 0. The van der Waals surface area contributed by atoms with Crippen molar-refractivity contribution in [1.29, 1.82) is 0 Å². The number of aldehydes is 1. The maximum Gasteiger partial charge on any atom is 0.310 e. The Hall–Kier alpha value is -2.14. The van der Waals surface area contributed by atoms with Crippen LogP contribution in [0.1, 0.15) is 30.1 Å². The lowest BCUT2D eigenvalue weighted by Gasteiger charge is -2.31. The van der Waals surface area contributed by atoms with Crippen LogP contribution < -0.4 is 0 Å². The minimum Gasteiger partial charge on any atom is -0.466 e. The van der Waals surface area contributed by atoms with E-state index in [4.69, 9.17) is 4.74 Å². The first kappa shape index (κ1) is 15.7. The molecule has 5 heteroatoms. The van der Waals surface area contributed by atoms with Crippen molar-refractivity contribution in [1.82, 2.24) is 9.47 Å². The van der Waals surface area contributed by atoms with Crippen LogP contribution in [0.15, 0.2) is 30.5 Å².